The van der Waals surface area contributed by atoms with E-state index in [0.717, 1.165) is 6.42 Å². The van der Waals surface area contributed by atoms with Gasteiger partial charge in [-0.2, -0.15) is 0 Å². The van der Waals surface area contributed by atoms with Crippen molar-refractivity contribution < 1.29 is 9.59 Å². The van der Waals surface area contributed by atoms with Gasteiger partial charge in [-0.25, -0.2) is 0 Å². The molecule has 2 aromatic carbocycles. The van der Waals surface area contributed by atoms with Gasteiger partial charge in [0.05, 0.1) is 5.41 Å². The summed E-state index contributed by atoms with van der Waals surface area (Å²) in [5, 5.41) is 0. The lowest BCUT2D eigenvalue weighted by Crippen LogP contribution is -2.36. The summed E-state index contributed by atoms with van der Waals surface area (Å²) in [6, 6.07) is 18.1. The van der Waals surface area contributed by atoms with Gasteiger partial charge in [0.1, 0.15) is 0 Å². The fourth-order valence-electron chi connectivity index (χ4n) is 2.65. The fourth-order valence-corrected chi connectivity index (χ4v) is 2.65. The van der Waals surface area contributed by atoms with Gasteiger partial charge in [-0.1, -0.05) is 74.0 Å². The first-order chi connectivity index (χ1) is 10.1. The Kier molecular flexibility index (Phi) is 4.69. The molecule has 0 unspecified atom stereocenters. The van der Waals surface area contributed by atoms with E-state index in [1.807, 2.05) is 43.3 Å². The van der Waals surface area contributed by atoms with Crippen molar-refractivity contribution in [3.05, 3.63) is 71.8 Å². The Morgan fingerprint density at radius 1 is 0.810 bits per heavy atom. The zero-order chi connectivity index (χ0) is 15.3. The van der Waals surface area contributed by atoms with Crippen LogP contribution in [0, 0.1) is 5.41 Å². The molecule has 0 fully saturated rings. The van der Waals surface area contributed by atoms with Crippen molar-refractivity contribution >= 4 is 11.6 Å². The van der Waals surface area contributed by atoms with Gasteiger partial charge in [-0.15, -0.1) is 0 Å². The van der Waals surface area contributed by atoms with Crippen molar-refractivity contribution in [1.29, 1.82) is 0 Å². The van der Waals surface area contributed by atoms with E-state index in [4.69, 9.17) is 0 Å². The van der Waals surface area contributed by atoms with Crippen LogP contribution in [0.4, 0.5) is 0 Å². The molecule has 2 nitrogen and oxygen atoms in total. The number of rotatable bonds is 6. The summed E-state index contributed by atoms with van der Waals surface area (Å²) >= 11 is 0. The van der Waals surface area contributed by atoms with Crippen LogP contribution in [0.15, 0.2) is 60.7 Å². The highest BCUT2D eigenvalue weighted by Crippen LogP contribution is 2.32. The molecule has 0 aliphatic rings. The highest BCUT2D eigenvalue weighted by Gasteiger charge is 2.40. The van der Waals surface area contributed by atoms with E-state index < -0.39 is 5.41 Å². The molecule has 0 amide bonds. The van der Waals surface area contributed by atoms with E-state index in [9.17, 15) is 9.59 Å². The second-order valence-electron chi connectivity index (χ2n) is 5.47. The maximum Gasteiger partial charge on any atom is 0.176 e. The molecule has 0 atom stereocenters. The molecule has 2 aromatic rings. The molecule has 0 aromatic heterocycles. The summed E-state index contributed by atoms with van der Waals surface area (Å²) in [6.45, 7) is 3.76. The van der Waals surface area contributed by atoms with Gasteiger partial charge < -0.3 is 0 Å². The normalized spacial score (nSPS) is 11.1. The van der Waals surface area contributed by atoms with Crippen LogP contribution in [0.2, 0.25) is 0 Å². The Morgan fingerprint density at radius 3 is 1.52 bits per heavy atom. The molecule has 0 aliphatic heterocycles. The van der Waals surface area contributed by atoms with Crippen LogP contribution in [-0.4, -0.2) is 11.6 Å². The predicted octanol–water partition coefficient (Wildman–Crippen LogP) is 4.56. The Balaban J connectivity index is 2.41. The minimum atomic E-state index is -1.00. The molecule has 0 N–H and O–H groups in total. The largest absolute Gasteiger partial charge is 0.293 e. The van der Waals surface area contributed by atoms with Crippen molar-refractivity contribution in [2.45, 2.75) is 26.7 Å². The first-order valence-corrected chi connectivity index (χ1v) is 7.29. The zero-order valence-electron chi connectivity index (χ0n) is 12.5. The number of Topliss-reactive ketones (excluding diaryl/α,β-unsaturated/α-hetero) is 2. The third-order valence-corrected chi connectivity index (χ3v) is 3.82. The zero-order valence-corrected chi connectivity index (χ0v) is 12.5. The standard InChI is InChI=1S/C19H20O2/c1-3-14-19(2,17(20)15-10-6-4-7-11-15)18(21)16-12-8-5-9-13-16/h4-13H,3,14H2,1-2H3. The number of carbonyl (C=O) groups is 2. The third kappa shape index (κ3) is 3.10. The van der Waals surface area contributed by atoms with Gasteiger partial charge in [-0.3, -0.25) is 9.59 Å². The van der Waals surface area contributed by atoms with Crippen LogP contribution in [0.5, 0.6) is 0 Å². The molecular weight excluding hydrogens is 260 g/mol. The van der Waals surface area contributed by atoms with Gasteiger partial charge in [0.2, 0.25) is 0 Å². The summed E-state index contributed by atoms with van der Waals surface area (Å²) in [4.78, 5) is 25.7. The number of ketones is 2. The molecular formula is C19H20O2. The van der Waals surface area contributed by atoms with E-state index in [2.05, 4.69) is 0 Å². The lowest BCUT2D eigenvalue weighted by atomic mass is 9.73. The Bertz CT molecular complexity index is 563. The van der Waals surface area contributed by atoms with Gasteiger partial charge in [0.25, 0.3) is 0 Å². The molecule has 0 saturated heterocycles. The molecule has 0 aliphatic carbocycles. The van der Waals surface area contributed by atoms with Gasteiger partial charge in [-0.05, 0) is 13.3 Å². The van der Waals surface area contributed by atoms with E-state index in [-0.39, 0.29) is 11.6 Å². The maximum atomic E-state index is 12.9. The van der Waals surface area contributed by atoms with Gasteiger partial charge >= 0.3 is 0 Å². The second-order valence-corrected chi connectivity index (χ2v) is 5.47. The Hall–Kier alpha value is -2.22. The molecule has 2 rings (SSSR count). The number of carbonyl (C=O) groups excluding carboxylic acids is 2. The van der Waals surface area contributed by atoms with E-state index in [1.165, 1.54) is 0 Å². The molecule has 108 valence electrons. The fraction of sp³-hybridized carbons (Fsp3) is 0.263. The Morgan fingerprint density at radius 2 is 1.19 bits per heavy atom. The lowest BCUT2D eigenvalue weighted by Gasteiger charge is -2.26. The first kappa shape index (κ1) is 15.2. The molecule has 0 heterocycles. The minimum Gasteiger partial charge on any atom is -0.293 e. The molecule has 21 heavy (non-hydrogen) atoms. The van der Waals surface area contributed by atoms with Crippen LogP contribution < -0.4 is 0 Å². The SMILES string of the molecule is CCCC(C)(C(=O)c1ccccc1)C(=O)c1ccccc1. The van der Waals surface area contributed by atoms with Crippen LogP contribution in [-0.2, 0) is 0 Å². The molecule has 0 bridgehead atoms. The second kappa shape index (κ2) is 6.49. The average molecular weight is 280 g/mol. The van der Waals surface area contributed by atoms with E-state index >= 15 is 0 Å². The van der Waals surface area contributed by atoms with Crippen molar-refractivity contribution in [2.75, 3.05) is 0 Å². The summed E-state index contributed by atoms with van der Waals surface area (Å²) < 4.78 is 0. The summed E-state index contributed by atoms with van der Waals surface area (Å²) in [5.41, 5.74) is 0.188. The predicted molar refractivity (Wildman–Crippen MR) is 84.6 cm³/mol. The summed E-state index contributed by atoms with van der Waals surface area (Å²) in [5.74, 6) is -0.197. The third-order valence-electron chi connectivity index (χ3n) is 3.82. The number of benzene rings is 2. The van der Waals surface area contributed by atoms with Crippen LogP contribution >= 0.6 is 0 Å². The smallest absolute Gasteiger partial charge is 0.176 e. The van der Waals surface area contributed by atoms with Crippen LogP contribution in [0.3, 0.4) is 0 Å². The molecule has 0 spiro atoms. The quantitative estimate of drug-likeness (QED) is 0.574. The lowest BCUT2D eigenvalue weighted by molar-refractivity contribution is 0.0672. The topological polar surface area (TPSA) is 34.1 Å². The summed E-state index contributed by atoms with van der Waals surface area (Å²) in [6.07, 6.45) is 1.34. The molecule has 0 saturated carbocycles. The average Bonchev–Trinajstić information content (AvgIpc) is 2.55. The highest BCUT2D eigenvalue weighted by molar-refractivity contribution is 6.19. The van der Waals surface area contributed by atoms with Crippen molar-refractivity contribution in [1.82, 2.24) is 0 Å². The number of hydrogen-bond donors (Lipinski definition) is 0. The van der Waals surface area contributed by atoms with Crippen molar-refractivity contribution in [3.63, 3.8) is 0 Å². The molecule has 0 radical (unpaired) electrons. The highest BCUT2D eigenvalue weighted by atomic mass is 16.2. The van der Waals surface area contributed by atoms with Crippen LogP contribution in [0.1, 0.15) is 47.4 Å². The number of hydrogen-bond acceptors (Lipinski definition) is 2. The first-order valence-electron chi connectivity index (χ1n) is 7.29. The van der Waals surface area contributed by atoms with Crippen LogP contribution in [0.25, 0.3) is 0 Å². The minimum absolute atomic E-state index is 0.0983. The van der Waals surface area contributed by atoms with E-state index in [1.54, 1.807) is 31.2 Å². The van der Waals surface area contributed by atoms with E-state index in [0.29, 0.717) is 17.5 Å². The van der Waals surface area contributed by atoms with Gasteiger partial charge in [0.15, 0.2) is 11.6 Å². The maximum absolute atomic E-state index is 12.9. The monoisotopic (exact) mass is 280 g/mol. The van der Waals surface area contributed by atoms with Crippen molar-refractivity contribution in [2.24, 2.45) is 5.41 Å². The van der Waals surface area contributed by atoms with Gasteiger partial charge in [0, 0.05) is 11.1 Å². The molecule has 2 heteroatoms. The Labute approximate surface area is 125 Å². The summed E-state index contributed by atoms with van der Waals surface area (Å²) in [7, 11) is 0. The van der Waals surface area contributed by atoms with Crippen molar-refractivity contribution in [3.8, 4) is 0 Å².